The molecule has 4 heteroatoms. The summed E-state index contributed by atoms with van der Waals surface area (Å²) in [7, 11) is -2.05. The van der Waals surface area contributed by atoms with Crippen LogP contribution in [-0.2, 0) is 0 Å². The van der Waals surface area contributed by atoms with Gasteiger partial charge in [-0.1, -0.05) is 48.5 Å². The van der Waals surface area contributed by atoms with Crippen molar-refractivity contribution < 1.29 is 9.79 Å². The lowest BCUT2D eigenvalue weighted by Crippen LogP contribution is -2.60. The molecule has 0 heterocycles. The van der Waals surface area contributed by atoms with E-state index in [9.17, 15) is 9.79 Å². The van der Waals surface area contributed by atoms with Crippen molar-refractivity contribution in [1.82, 2.24) is 4.67 Å². The largest absolute Gasteiger partial charge is 0.338 e. The molecule has 0 fully saturated rings. The van der Waals surface area contributed by atoms with Crippen molar-refractivity contribution in [3.8, 4) is 0 Å². The van der Waals surface area contributed by atoms with Crippen LogP contribution in [0.15, 0.2) is 0 Å². The average Bonchev–Trinajstić information content (AvgIpc) is 1.99. The first-order valence-corrected chi connectivity index (χ1v) is 7.05. The van der Waals surface area contributed by atoms with Crippen molar-refractivity contribution in [3.05, 3.63) is 0 Å². The zero-order valence-corrected chi connectivity index (χ0v) is 12.9. The van der Waals surface area contributed by atoms with Gasteiger partial charge in [0.05, 0.1) is 0 Å². The summed E-state index contributed by atoms with van der Waals surface area (Å²) in [6.45, 7) is 17.7. The summed E-state index contributed by atoms with van der Waals surface area (Å²) in [6.07, 6.45) is 0. The van der Waals surface area contributed by atoms with Crippen molar-refractivity contribution in [2.24, 2.45) is 10.8 Å². The van der Waals surface area contributed by atoms with Crippen molar-refractivity contribution in [2.45, 2.75) is 60.9 Å². The monoisotopic (exact) mass is 249 g/mol. The topological polar surface area (TPSA) is 43.7 Å². The zero-order chi connectivity index (χ0) is 13.4. The number of rotatable bonds is 3. The van der Waals surface area contributed by atoms with Crippen LogP contribution in [0.1, 0.15) is 55.4 Å². The van der Waals surface area contributed by atoms with Crippen LogP contribution in [0.4, 0.5) is 0 Å². The van der Waals surface area contributed by atoms with Gasteiger partial charge < -0.3 is 9.79 Å². The molecule has 0 rings (SSSR count). The molecule has 0 atom stereocenters. The third-order valence-electron chi connectivity index (χ3n) is 3.95. The summed E-state index contributed by atoms with van der Waals surface area (Å²) in [5.41, 5.74) is -0.343. The predicted molar refractivity (Wildman–Crippen MR) is 71.1 cm³/mol. The second kappa shape index (κ2) is 4.89. The van der Waals surface area contributed by atoms with Crippen LogP contribution in [-0.4, -0.2) is 26.5 Å². The van der Waals surface area contributed by atoms with Gasteiger partial charge in [-0.25, -0.2) is 4.67 Å². The minimum Gasteiger partial charge on any atom is -0.338 e. The molecule has 0 aliphatic heterocycles. The van der Waals surface area contributed by atoms with E-state index in [1.54, 1.807) is 0 Å². The Kier molecular flexibility index (Phi) is 4.99. The van der Waals surface area contributed by atoms with E-state index in [0.717, 1.165) is 0 Å². The highest BCUT2D eigenvalue weighted by molar-refractivity contribution is 7.42. The molecule has 0 spiro atoms. The molecule has 0 aliphatic rings. The molecule has 3 nitrogen and oxygen atoms in total. The minimum absolute atomic E-state index is 0.0344. The molecule has 2 N–H and O–H groups in total. The fourth-order valence-corrected chi connectivity index (χ4v) is 3.73. The van der Waals surface area contributed by atoms with Gasteiger partial charge in [-0.2, -0.15) is 0 Å². The molecule has 0 bridgehead atoms. The molecule has 0 saturated carbocycles. The maximum absolute atomic E-state index is 9.62. The maximum atomic E-state index is 9.62. The van der Waals surface area contributed by atoms with Gasteiger partial charge >= 0.3 is 0 Å². The molecule has 16 heavy (non-hydrogen) atoms. The summed E-state index contributed by atoms with van der Waals surface area (Å²) in [5.74, 6) is 0. The van der Waals surface area contributed by atoms with Gasteiger partial charge in [0.15, 0.2) is 0 Å². The Balaban J connectivity index is 5.58. The third-order valence-corrected chi connectivity index (χ3v) is 5.07. The van der Waals surface area contributed by atoms with E-state index in [1.165, 1.54) is 0 Å². The van der Waals surface area contributed by atoms with Crippen LogP contribution < -0.4 is 0 Å². The van der Waals surface area contributed by atoms with Gasteiger partial charge in [0.1, 0.15) is 0 Å². The van der Waals surface area contributed by atoms with Gasteiger partial charge in [0.25, 0.3) is 8.53 Å². The molecule has 0 unspecified atom stereocenters. The van der Waals surface area contributed by atoms with E-state index >= 15 is 0 Å². The van der Waals surface area contributed by atoms with E-state index in [-0.39, 0.29) is 16.4 Å². The number of hydrogen-bond acceptors (Lipinski definition) is 3. The summed E-state index contributed by atoms with van der Waals surface area (Å²) < 4.78 is 1.82. The molecule has 0 aromatic rings. The standard InChI is InChI=1S/C12H28NO2P/c1-9-13(16(14)15)12(8,10(2,3)4)11(5,6)7/h14-15H,9H2,1-8H3. The highest BCUT2D eigenvalue weighted by Crippen LogP contribution is 2.54. The van der Waals surface area contributed by atoms with Crippen LogP contribution in [0.25, 0.3) is 0 Å². The highest BCUT2D eigenvalue weighted by Gasteiger charge is 2.52. The average molecular weight is 249 g/mol. The lowest BCUT2D eigenvalue weighted by Gasteiger charge is -2.57. The van der Waals surface area contributed by atoms with Crippen LogP contribution in [0.3, 0.4) is 0 Å². The molecule has 0 amide bonds. The van der Waals surface area contributed by atoms with E-state index in [2.05, 4.69) is 48.5 Å². The Labute approximate surface area is 102 Å². The smallest absolute Gasteiger partial charge is 0.253 e. The van der Waals surface area contributed by atoms with Crippen LogP contribution in [0.5, 0.6) is 0 Å². The lowest BCUT2D eigenvalue weighted by molar-refractivity contribution is -0.0308. The second-order valence-corrected chi connectivity index (χ2v) is 7.58. The fraction of sp³-hybridized carbons (Fsp3) is 1.00. The Bertz CT molecular complexity index is 214. The molecule has 0 aliphatic carbocycles. The first-order chi connectivity index (χ1) is 6.89. The molecular weight excluding hydrogens is 221 g/mol. The van der Waals surface area contributed by atoms with E-state index in [0.29, 0.717) is 6.54 Å². The quantitative estimate of drug-likeness (QED) is 0.754. The second-order valence-electron chi connectivity index (χ2n) is 6.56. The summed E-state index contributed by atoms with van der Waals surface area (Å²) in [4.78, 5) is 19.2. The number of nitrogens with zero attached hydrogens (tertiary/aromatic N) is 1. The molecular formula is C12H28NO2P. The van der Waals surface area contributed by atoms with Gasteiger partial charge in [-0.05, 0) is 17.8 Å². The minimum atomic E-state index is -2.05. The Morgan fingerprint density at radius 3 is 1.25 bits per heavy atom. The first-order valence-electron chi connectivity index (χ1n) is 5.85. The summed E-state index contributed by atoms with van der Waals surface area (Å²) in [6, 6.07) is 0. The van der Waals surface area contributed by atoms with Gasteiger partial charge in [0, 0.05) is 12.1 Å². The van der Waals surface area contributed by atoms with Crippen molar-refractivity contribution in [1.29, 1.82) is 0 Å². The molecule has 0 aromatic heterocycles. The SMILES string of the molecule is CCN(P(O)O)C(C)(C(C)(C)C)C(C)(C)C. The van der Waals surface area contributed by atoms with Crippen LogP contribution in [0, 0.1) is 10.8 Å². The summed E-state index contributed by atoms with van der Waals surface area (Å²) in [5, 5.41) is 0. The first kappa shape index (κ1) is 16.3. The molecule has 0 radical (unpaired) electrons. The van der Waals surface area contributed by atoms with Crippen molar-refractivity contribution in [2.75, 3.05) is 6.54 Å². The Morgan fingerprint density at radius 1 is 0.875 bits per heavy atom. The number of hydrogen-bond donors (Lipinski definition) is 2. The predicted octanol–water partition coefficient (Wildman–Crippen LogP) is 3.37. The highest BCUT2D eigenvalue weighted by atomic mass is 31.2. The van der Waals surface area contributed by atoms with E-state index < -0.39 is 8.53 Å². The van der Waals surface area contributed by atoms with Gasteiger partial charge in [-0.3, -0.25) is 0 Å². The normalized spacial score (nSPS) is 15.0. The van der Waals surface area contributed by atoms with Crippen LogP contribution >= 0.6 is 8.53 Å². The van der Waals surface area contributed by atoms with E-state index in [1.807, 2.05) is 11.6 Å². The molecule has 0 saturated heterocycles. The van der Waals surface area contributed by atoms with Crippen molar-refractivity contribution >= 4 is 8.53 Å². The molecule has 98 valence electrons. The van der Waals surface area contributed by atoms with E-state index in [4.69, 9.17) is 0 Å². The zero-order valence-electron chi connectivity index (χ0n) is 12.0. The van der Waals surface area contributed by atoms with Gasteiger partial charge in [-0.15, -0.1) is 0 Å². The van der Waals surface area contributed by atoms with Gasteiger partial charge in [0.2, 0.25) is 0 Å². The fourth-order valence-electron chi connectivity index (χ4n) is 2.52. The third kappa shape index (κ3) is 2.76. The molecule has 0 aromatic carbocycles. The maximum Gasteiger partial charge on any atom is 0.253 e. The Morgan fingerprint density at radius 2 is 1.19 bits per heavy atom. The van der Waals surface area contributed by atoms with Crippen molar-refractivity contribution in [3.63, 3.8) is 0 Å². The lowest BCUT2D eigenvalue weighted by atomic mass is 9.61. The summed E-state index contributed by atoms with van der Waals surface area (Å²) >= 11 is 0. The Hall–Kier alpha value is 0.310. The van der Waals surface area contributed by atoms with Crippen LogP contribution in [0.2, 0.25) is 0 Å².